The van der Waals surface area contributed by atoms with Gasteiger partial charge >= 0.3 is 5.97 Å². The predicted octanol–water partition coefficient (Wildman–Crippen LogP) is 2.61. The van der Waals surface area contributed by atoms with Gasteiger partial charge in [-0.2, -0.15) is 0 Å². The second kappa shape index (κ2) is 4.73. The number of hydrogen-bond acceptors (Lipinski definition) is 2. The number of aromatic carboxylic acids is 1. The fourth-order valence-corrected chi connectivity index (χ4v) is 2.87. The van der Waals surface area contributed by atoms with Crippen LogP contribution >= 0.6 is 0 Å². The SMILES string of the molecule is C[C@H]1CN(C)CC[C@@]1(C)c1cccc(C(=O)O)c1. The number of carboxylic acids is 1. The van der Waals surface area contributed by atoms with E-state index in [0.29, 0.717) is 11.5 Å². The highest BCUT2D eigenvalue weighted by Crippen LogP contribution is 2.39. The smallest absolute Gasteiger partial charge is 0.335 e. The summed E-state index contributed by atoms with van der Waals surface area (Å²) in [6.45, 7) is 6.64. The summed E-state index contributed by atoms with van der Waals surface area (Å²) in [7, 11) is 2.14. The summed E-state index contributed by atoms with van der Waals surface area (Å²) < 4.78 is 0. The number of likely N-dealkylation sites (tertiary alicyclic amines) is 1. The molecule has 1 fully saturated rings. The van der Waals surface area contributed by atoms with Crippen LogP contribution in [0.1, 0.15) is 36.2 Å². The zero-order chi connectivity index (χ0) is 13.3. The Balaban J connectivity index is 2.35. The van der Waals surface area contributed by atoms with E-state index >= 15 is 0 Å². The van der Waals surface area contributed by atoms with Crippen LogP contribution in [0.4, 0.5) is 0 Å². The van der Waals surface area contributed by atoms with Gasteiger partial charge in [0.15, 0.2) is 0 Å². The topological polar surface area (TPSA) is 40.5 Å². The Bertz CT molecular complexity index is 458. The van der Waals surface area contributed by atoms with Crippen molar-refractivity contribution in [3.8, 4) is 0 Å². The molecule has 0 unspecified atom stereocenters. The Morgan fingerprint density at radius 1 is 1.50 bits per heavy atom. The van der Waals surface area contributed by atoms with Crippen molar-refractivity contribution in [2.45, 2.75) is 25.7 Å². The van der Waals surface area contributed by atoms with Crippen molar-refractivity contribution < 1.29 is 9.90 Å². The van der Waals surface area contributed by atoms with E-state index < -0.39 is 5.97 Å². The van der Waals surface area contributed by atoms with Crippen LogP contribution in [0.15, 0.2) is 24.3 Å². The van der Waals surface area contributed by atoms with Gasteiger partial charge in [-0.25, -0.2) is 4.79 Å². The molecule has 0 radical (unpaired) electrons. The van der Waals surface area contributed by atoms with Gasteiger partial charge in [0.2, 0.25) is 0 Å². The van der Waals surface area contributed by atoms with Gasteiger partial charge in [0.05, 0.1) is 5.56 Å². The lowest BCUT2D eigenvalue weighted by Crippen LogP contribution is -2.45. The lowest BCUT2D eigenvalue weighted by Gasteiger charge is -2.44. The molecule has 1 aromatic carbocycles. The van der Waals surface area contributed by atoms with Gasteiger partial charge in [0, 0.05) is 6.54 Å². The second-order valence-corrected chi connectivity index (χ2v) is 5.72. The quantitative estimate of drug-likeness (QED) is 0.873. The highest BCUT2D eigenvalue weighted by Gasteiger charge is 2.37. The Hall–Kier alpha value is -1.35. The van der Waals surface area contributed by atoms with Gasteiger partial charge < -0.3 is 10.0 Å². The van der Waals surface area contributed by atoms with Gasteiger partial charge in [-0.05, 0) is 49.0 Å². The molecule has 0 saturated carbocycles. The van der Waals surface area contributed by atoms with Crippen molar-refractivity contribution in [2.24, 2.45) is 5.92 Å². The van der Waals surface area contributed by atoms with E-state index in [0.717, 1.165) is 25.1 Å². The molecule has 18 heavy (non-hydrogen) atoms. The van der Waals surface area contributed by atoms with Crippen molar-refractivity contribution in [3.05, 3.63) is 35.4 Å². The molecule has 2 rings (SSSR count). The molecule has 1 saturated heterocycles. The van der Waals surface area contributed by atoms with Gasteiger partial charge in [-0.3, -0.25) is 0 Å². The largest absolute Gasteiger partial charge is 0.478 e. The Kier molecular flexibility index (Phi) is 3.44. The molecule has 3 nitrogen and oxygen atoms in total. The molecule has 0 amide bonds. The summed E-state index contributed by atoms with van der Waals surface area (Å²) in [6, 6.07) is 7.42. The third-order valence-electron chi connectivity index (χ3n) is 4.46. The van der Waals surface area contributed by atoms with Gasteiger partial charge in [0.25, 0.3) is 0 Å². The first-order chi connectivity index (χ1) is 8.43. The maximum Gasteiger partial charge on any atom is 0.335 e. The van der Waals surface area contributed by atoms with Crippen molar-refractivity contribution in [1.82, 2.24) is 4.90 Å². The number of benzene rings is 1. The van der Waals surface area contributed by atoms with Gasteiger partial charge in [0.1, 0.15) is 0 Å². The minimum absolute atomic E-state index is 0.0813. The van der Waals surface area contributed by atoms with E-state index in [1.807, 2.05) is 12.1 Å². The molecule has 0 bridgehead atoms. The third-order valence-corrected chi connectivity index (χ3v) is 4.46. The first kappa shape index (κ1) is 13.1. The molecule has 1 N–H and O–H groups in total. The number of carbonyl (C=O) groups is 1. The van der Waals surface area contributed by atoms with Crippen LogP contribution in [0.3, 0.4) is 0 Å². The number of rotatable bonds is 2. The van der Waals surface area contributed by atoms with Crippen LogP contribution < -0.4 is 0 Å². The van der Waals surface area contributed by atoms with Gasteiger partial charge in [-0.15, -0.1) is 0 Å². The summed E-state index contributed by atoms with van der Waals surface area (Å²) >= 11 is 0. The molecule has 2 atom stereocenters. The fraction of sp³-hybridized carbons (Fsp3) is 0.533. The van der Waals surface area contributed by atoms with Crippen LogP contribution in [0, 0.1) is 5.92 Å². The molecule has 0 aliphatic carbocycles. The first-order valence-corrected chi connectivity index (χ1v) is 6.46. The Morgan fingerprint density at radius 3 is 2.83 bits per heavy atom. The molecular formula is C15H21NO2. The van der Waals surface area contributed by atoms with E-state index in [2.05, 4.69) is 31.9 Å². The molecule has 1 aliphatic rings. The van der Waals surface area contributed by atoms with Crippen LogP contribution in [0.25, 0.3) is 0 Å². The second-order valence-electron chi connectivity index (χ2n) is 5.72. The lowest BCUT2D eigenvalue weighted by atomic mass is 9.68. The molecule has 1 heterocycles. The van der Waals surface area contributed by atoms with E-state index in [-0.39, 0.29) is 5.41 Å². The van der Waals surface area contributed by atoms with Gasteiger partial charge in [-0.1, -0.05) is 26.0 Å². The van der Waals surface area contributed by atoms with Crippen LogP contribution in [0.2, 0.25) is 0 Å². The Labute approximate surface area is 108 Å². The highest BCUT2D eigenvalue weighted by atomic mass is 16.4. The normalized spacial score (nSPS) is 29.2. The average molecular weight is 247 g/mol. The summed E-state index contributed by atoms with van der Waals surface area (Å²) in [5.74, 6) is -0.318. The molecule has 0 spiro atoms. The van der Waals surface area contributed by atoms with Crippen LogP contribution in [-0.4, -0.2) is 36.1 Å². The molecule has 0 aromatic heterocycles. The van der Waals surface area contributed by atoms with E-state index in [1.165, 1.54) is 0 Å². The molecule has 98 valence electrons. The summed E-state index contributed by atoms with van der Waals surface area (Å²) in [6.07, 6.45) is 1.08. The monoisotopic (exact) mass is 247 g/mol. The van der Waals surface area contributed by atoms with E-state index in [4.69, 9.17) is 5.11 Å². The minimum Gasteiger partial charge on any atom is -0.478 e. The summed E-state index contributed by atoms with van der Waals surface area (Å²) in [5.41, 5.74) is 1.63. The summed E-state index contributed by atoms with van der Waals surface area (Å²) in [4.78, 5) is 13.4. The van der Waals surface area contributed by atoms with Crippen molar-refractivity contribution in [1.29, 1.82) is 0 Å². The maximum absolute atomic E-state index is 11.1. The number of nitrogens with zero attached hydrogens (tertiary/aromatic N) is 1. The number of piperidine rings is 1. The lowest BCUT2D eigenvalue weighted by molar-refractivity contribution is 0.0696. The zero-order valence-electron chi connectivity index (χ0n) is 11.3. The van der Waals surface area contributed by atoms with Crippen LogP contribution in [-0.2, 0) is 5.41 Å². The molecule has 3 heteroatoms. The summed E-state index contributed by atoms with van der Waals surface area (Å²) in [5, 5.41) is 9.09. The number of hydrogen-bond donors (Lipinski definition) is 1. The van der Waals surface area contributed by atoms with Crippen molar-refractivity contribution >= 4 is 5.97 Å². The van der Waals surface area contributed by atoms with Crippen molar-refractivity contribution in [2.75, 3.05) is 20.1 Å². The minimum atomic E-state index is -0.846. The first-order valence-electron chi connectivity index (χ1n) is 6.46. The van der Waals surface area contributed by atoms with E-state index in [1.54, 1.807) is 6.07 Å². The molecule has 1 aromatic rings. The third kappa shape index (κ3) is 2.27. The van der Waals surface area contributed by atoms with Crippen LogP contribution in [0.5, 0.6) is 0 Å². The zero-order valence-corrected chi connectivity index (χ0v) is 11.3. The Morgan fingerprint density at radius 2 is 2.22 bits per heavy atom. The molecule has 1 aliphatic heterocycles. The average Bonchev–Trinajstić information content (AvgIpc) is 2.34. The fourth-order valence-electron chi connectivity index (χ4n) is 2.87. The maximum atomic E-state index is 11.1. The molecular weight excluding hydrogens is 226 g/mol. The van der Waals surface area contributed by atoms with Crippen molar-refractivity contribution in [3.63, 3.8) is 0 Å². The highest BCUT2D eigenvalue weighted by molar-refractivity contribution is 5.87. The van der Waals surface area contributed by atoms with E-state index in [9.17, 15) is 4.79 Å². The standard InChI is InChI=1S/C15H21NO2/c1-11-10-16(3)8-7-15(11,2)13-6-4-5-12(9-13)14(17)18/h4-6,9,11H,7-8,10H2,1-3H3,(H,17,18)/t11-,15+/m0/s1. The number of carboxylic acid groups (broad SMARTS) is 1. The predicted molar refractivity (Wildman–Crippen MR) is 72.0 cm³/mol.